The van der Waals surface area contributed by atoms with Crippen LogP contribution in [0, 0.1) is 5.92 Å². The Bertz CT molecular complexity index is 133. The van der Waals surface area contributed by atoms with Gasteiger partial charge in [-0.1, -0.05) is 13.8 Å². The third-order valence-electron chi connectivity index (χ3n) is 2.31. The van der Waals surface area contributed by atoms with E-state index in [1.165, 1.54) is 0 Å². The van der Waals surface area contributed by atoms with Crippen molar-refractivity contribution in [2.75, 3.05) is 18.1 Å². The van der Waals surface area contributed by atoms with Crippen molar-refractivity contribution in [2.24, 2.45) is 5.92 Å². The molecule has 1 N–H and O–H groups in total. The van der Waals surface area contributed by atoms with Crippen molar-refractivity contribution < 1.29 is 9.84 Å². The molecule has 1 saturated heterocycles. The fourth-order valence-electron chi connectivity index (χ4n) is 1.42. The first-order chi connectivity index (χ1) is 6.20. The van der Waals surface area contributed by atoms with E-state index in [4.69, 9.17) is 4.74 Å². The van der Waals surface area contributed by atoms with Crippen molar-refractivity contribution >= 4 is 11.8 Å². The molecule has 78 valence electrons. The molecule has 0 bridgehead atoms. The average Bonchev–Trinajstić information content (AvgIpc) is 2.15. The molecule has 0 spiro atoms. The van der Waals surface area contributed by atoms with E-state index >= 15 is 0 Å². The summed E-state index contributed by atoms with van der Waals surface area (Å²) >= 11 is 1.88. The molecule has 0 amide bonds. The van der Waals surface area contributed by atoms with Gasteiger partial charge in [0.25, 0.3) is 0 Å². The van der Waals surface area contributed by atoms with Gasteiger partial charge in [0.15, 0.2) is 0 Å². The number of thioether (sulfide) groups is 1. The molecule has 1 aliphatic heterocycles. The third-order valence-corrected chi connectivity index (χ3v) is 3.33. The summed E-state index contributed by atoms with van der Waals surface area (Å²) in [4.78, 5) is 0. The van der Waals surface area contributed by atoms with Crippen LogP contribution in [0.4, 0.5) is 0 Å². The summed E-state index contributed by atoms with van der Waals surface area (Å²) in [7, 11) is 0. The van der Waals surface area contributed by atoms with Crippen LogP contribution in [-0.2, 0) is 4.74 Å². The minimum Gasteiger partial charge on any atom is -0.390 e. The van der Waals surface area contributed by atoms with E-state index in [9.17, 15) is 5.11 Å². The number of aliphatic hydroxyl groups excluding tert-OH is 1. The van der Waals surface area contributed by atoms with Crippen molar-refractivity contribution in [3.63, 3.8) is 0 Å². The summed E-state index contributed by atoms with van der Waals surface area (Å²) in [6.07, 6.45) is 1.79. The van der Waals surface area contributed by atoms with Crippen molar-refractivity contribution in [3.8, 4) is 0 Å². The second kappa shape index (κ2) is 5.89. The second-order valence-electron chi connectivity index (χ2n) is 4.02. The molecule has 0 aromatic heterocycles. The van der Waals surface area contributed by atoms with Crippen LogP contribution in [0.2, 0.25) is 0 Å². The molecular weight excluding hydrogens is 184 g/mol. The van der Waals surface area contributed by atoms with Gasteiger partial charge in [-0.2, -0.15) is 11.8 Å². The highest BCUT2D eigenvalue weighted by molar-refractivity contribution is 7.99. The highest BCUT2D eigenvalue weighted by atomic mass is 32.2. The van der Waals surface area contributed by atoms with E-state index in [0.717, 1.165) is 31.0 Å². The fraction of sp³-hybridized carbons (Fsp3) is 1.00. The van der Waals surface area contributed by atoms with Crippen molar-refractivity contribution in [2.45, 2.75) is 38.9 Å². The van der Waals surface area contributed by atoms with Gasteiger partial charge in [-0.25, -0.2) is 0 Å². The lowest BCUT2D eigenvalue weighted by Crippen LogP contribution is -2.35. The quantitative estimate of drug-likeness (QED) is 0.758. The SMILES string of the molecule is CC(C)CCC(O)C1CSCCO1. The van der Waals surface area contributed by atoms with Gasteiger partial charge in [-0.05, 0) is 18.8 Å². The molecule has 2 nitrogen and oxygen atoms in total. The number of hydrogen-bond donors (Lipinski definition) is 1. The Kier molecular flexibility index (Phi) is 5.14. The molecule has 0 aliphatic carbocycles. The van der Waals surface area contributed by atoms with Crippen LogP contribution in [0.3, 0.4) is 0 Å². The van der Waals surface area contributed by atoms with E-state index < -0.39 is 0 Å². The summed E-state index contributed by atoms with van der Waals surface area (Å²) in [6.45, 7) is 5.17. The number of rotatable bonds is 4. The topological polar surface area (TPSA) is 29.5 Å². The Morgan fingerprint density at radius 3 is 2.77 bits per heavy atom. The average molecular weight is 204 g/mol. The van der Waals surface area contributed by atoms with Crippen molar-refractivity contribution in [1.82, 2.24) is 0 Å². The van der Waals surface area contributed by atoms with Crippen molar-refractivity contribution in [3.05, 3.63) is 0 Å². The summed E-state index contributed by atoms with van der Waals surface area (Å²) < 4.78 is 5.50. The lowest BCUT2D eigenvalue weighted by molar-refractivity contribution is -0.0265. The molecule has 1 fully saturated rings. The summed E-state index contributed by atoms with van der Waals surface area (Å²) in [5, 5.41) is 9.78. The maximum absolute atomic E-state index is 9.78. The Hall–Kier alpha value is 0.270. The van der Waals surface area contributed by atoms with Crippen LogP contribution in [0.5, 0.6) is 0 Å². The van der Waals surface area contributed by atoms with E-state index in [-0.39, 0.29) is 12.2 Å². The molecule has 1 rings (SSSR count). The monoisotopic (exact) mass is 204 g/mol. The van der Waals surface area contributed by atoms with Crippen LogP contribution < -0.4 is 0 Å². The van der Waals surface area contributed by atoms with Crippen LogP contribution in [0.25, 0.3) is 0 Å². The van der Waals surface area contributed by atoms with E-state index in [1.807, 2.05) is 11.8 Å². The third kappa shape index (κ3) is 4.34. The van der Waals surface area contributed by atoms with Gasteiger partial charge in [0, 0.05) is 11.5 Å². The van der Waals surface area contributed by atoms with Crippen LogP contribution in [-0.4, -0.2) is 35.4 Å². The number of hydrogen-bond acceptors (Lipinski definition) is 3. The van der Waals surface area contributed by atoms with Gasteiger partial charge in [0.2, 0.25) is 0 Å². The zero-order chi connectivity index (χ0) is 9.68. The molecule has 13 heavy (non-hydrogen) atoms. The first-order valence-corrected chi connectivity index (χ1v) is 6.23. The minimum absolute atomic E-state index is 0.0810. The highest BCUT2D eigenvalue weighted by Gasteiger charge is 2.22. The van der Waals surface area contributed by atoms with Crippen LogP contribution >= 0.6 is 11.8 Å². The lowest BCUT2D eigenvalue weighted by Gasteiger charge is -2.27. The second-order valence-corrected chi connectivity index (χ2v) is 5.17. The lowest BCUT2D eigenvalue weighted by atomic mass is 10.0. The van der Waals surface area contributed by atoms with Crippen LogP contribution in [0.15, 0.2) is 0 Å². The Morgan fingerprint density at radius 1 is 1.46 bits per heavy atom. The normalized spacial score (nSPS) is 26.3. The fourth-order valence-corrected chi connectivity index (χ4v) is 2.35. The number of ether oxygens (including phenoxy) is 1. The largest absolute Gasteiger partial charge is 0.390 e. The maximum Gasteiger partial charge on any atom is 0.0924 e. The zero-order valence-corrected chi connectivity index (χ0v) is 9.35. The van der Waals surface area contributed by atoms with Crippen LogP contribution in [0.1, 0.15) is 26.7 Å². The van der Waals surface area contributed by atoms with Gasteiger partial charge < -0.3 is 9.84 Å². The van der Waals surface area contributed by atoms with E-state index in [1.54, 1.807) is 0 Å². The first-order valence-electron chi connectivity index (χ1n) is 5.07. The molecule has 1 aliphatic rings. The predicted octanol–water partition coefficient (Wildman–Crippen LogP) is 1.92. The van der Waals surface area contributed by atoms with Gasteiger partial charge in [-0.3, -0.25) is 0 Å². The summed E-state index contributed by atoms with van der Waals surface area (Å²) in [6, 6.07) is 0. The Morgan fingerprint density at radius 2 is 2.23 bits per heavy atom. The maximum atomic E-state index is 9.78. The number of aliphatic hydroxyl groups is 1. The van der Waals surface area contributed by atoms with Gasteiger partial charge >= 0.3 is 0 Å². The van der Waals surface area contributed by atoms with E-state index in [0.29, 0.717) is 5.92 Å². The van der Waals surface area contributed by atoms with Crippen molar-refractivity contribution in [1.29, 1.82) is 0 Å². The molecule has 0 aromatic rings. The molecule has 3 heteroatoms. The zero-order valence-electron chi connectivity index (χ0n) is 8.53. The Labute approximate surface area is 85.0 Å². The minimum atomic E-state index is -0.254. The van der Waals surface area contributed by atoms with Gasteiger partial charge in [0.1, 0.15) is 0 Å². The molecule has 0 saturated carbocycles. The van der Waals surface area contributed by atoms with Gasteiger partial charge in [-0.15, -0.1) is 0 Å². The highest BCUT2D eigenvalue weighted by Crippen LogP contribution is 2.19. The summed E-state index contributed by atoms with van der Waals surface area (Å²) in [5.41, 5.74) is 0. The molecule has 1 heterocycles. The smallest absolute Gasteiger partial charge is 0.0924 e. The summed E-state index contributed by atoms with van der Waals surface area (Å²) in [5.74, 6) is 2.71. The standard InChI is InChI=1S/C10H20O2S/c1-8(2)3-4-9(11)10-7-13-6-5-12-10/h8-11H,3-7H2,1-2H3. The Balaban J connectivity index is 2.17. The molecule has 0 radical (unpaired) electrons. The molecule has 2 atom stereocenters. The molecule has 2 unspecified atom stereocenters. The van der Waals surface area contributed by atoms with Gasteiger partial charge in [0.05, 0.1) is 18.8 Å². The first kappa shape index (κ1) is 11.3. The molecule has 0 aromatic carbocycles. The molecular formula is C10H20O2S. The van der Waals surface area contributed by atoms with E-state index in [2.05, 4.69) is 13.8 Å². The predicted molar refractivity (Wildman–Crippen MR) is 57.1 cm³/mol.